The smallest absolute Gasteiger partial charge is 0.344 e. The topological polar surface area (TPSA) is 136 Å². The number of amides is 2. The van der Waals surface area contributed by atoms with Gasteiger partial charge in [0.05, 0.1) is 0 Å². The molecule has 11 heteroatoms. The van der Waals surface area contributed by atoms with E-state index in [1.54, 1.807) is 38.1 Å². The molecular weight excluding hydrogens is 443 g/mol. The van der Waals surface area contributed by atoms with E-state index >= 15 is 0 Å². The average Bonchev–Trinajstić information content (AvgIpc) is 2.52. The number of rotatable bonds is 10. The molecule has 0 aliphatic rings. The molecule has 2 amide bonds. The number of carboxylic acid groups (broad SMARTS) is 1. The molecule has 0 radical (unpaired) electrons. The molecule has 0 saturated carbocycles. The van der Waals surface area contributed by atoms with Gasteiger partial charge in [0, 0.05) is 13.0 Å². The number of nitrogens with one attached hydrogen (secondary N) is 1. The molecule has 1 unspecified atom stereocenters. The van der Waals surface area contributed by atoms with Crippen molar-refractivity contribution in [3.05, 3.63) is 29.8 Å². The molecule has 0 aliphatic carbocycles. The third kappa shape index (κ3) is 9.23. The molecule has 0 heterocycles. The van der Waals surface area contributed by atoms with Gasteiger partial charge < -0.3 is 29.8 Å². The van der Waals surface area contributed by atoms with Crippen LogP contribution in [0.4, 0.5) is 4.79 Å². The van der Waals surface area contributed by atoms with Gasteiger partial charge in [0.2, 0.25) is 0 Å². The summed E-state index contributed by atoms with van der Waals surface area (Å²) in [6, 6.07) is 4.67. The second-order valence-electron chi connectivity index (χ2n) is 6.37. The largest absolute Gasteiger partial charge is 0.482 e. The number of carbonyl (C=O) groups excluding carboxylic acids is 1. The van der Waals surface area contributed by atoms with E-state index in [9.17, 15) is 19.3 Å². The molecule has 0 aromatic heterocycles. The highest BCUT2D eigenvalue weighted by atomic mass is 79.9. The maximum atomic E-state index is 12.4. The van der Waals surface area contributed by atoms with Gasteiger partial charge in [0.15, 0.2) is 0 Å². The van der Waals surface area contributed by atoms with Gasteiger partial charge in [0.1, 0.15) is 23.6 Å². The average molecular weight is 467 g/mol. The summed E-state index contributed by atoms with van der Waals surface area (Å²) in [6.07, 6.45) is -0.788. The van der Waals surface area contributed by atoms with Gasteiger partial charge in [-0.25, -0.2) is 9.59 Å². The maximum absolute atomic E-state index is 12.4. The highest BCUT2D eigenvalue weighted by molar-refractivity contribution is 9.09. The number of hydrogen-bond donors (Lipinski definition) is 4. The fourth-order valence-electron chi connectivity index (χ4n) is 2.37. The minimum atomic E-state index is -4.48. The molecule has 1 aromatic rings. The van der Waals surface area contributed by atoms with Gasteiger partial charge >= 0.3 is 19.6 Å². The van der Waals surface area contributed by atoms with E-state index in [0.29, 0.717) is 11.3 Å². The first-order valence-corrected chi connectivity index (χ1v) is 11.0. The third-order valence-corrected chi connectivity index (χ3v) is 4.32. The lowest BCUT2D eigenvalue weighted by atomic mass is 10.1. The van der Waals surface area contributed by atoms with Crippen molar-refractivity contribution in [1.82, 2.24) is 10.2 Å². The lowest BCUT2D eigenvalue weighted by Gasteiger charge is -2.27. The first kappa shape index (κ1) is 23.4. The number of nitrogens with zero attached hydrogens (tertiary/aromatic N) is 1. The molecule has 1 atom stereocenters. The molecule has 9 nitrogen and oxygen atoms in total. The highest BCUT2D eigenvalue weighted by Crippen LogP contribution is 2.35. The van der Waals surface area contributed by atoms with Crippen LogP contribution in [0.1, 0.15) is 19.4 Å². The molecule has 1 aromatic carbocycles. The second-order valence-corrected chi connectivity index (χ2v) is 8.44. The number of hydrogen-bond acceptors (Lipinski definition) is 4. The highest BCUT2D eigenvalue weighted by Gasteiger charge is 2.28. The van der Waals surface area contributed by atoms with Gasteiger partial charge in [-0.2, -0.15) is 0 Å². The number of halogens is 1. The summed E-state index contributed by atoms with van der Waals surface area (Å²) in [7, 11) is -4.48. The Bertz CT molecular complexity index is 695. The number of aliphatic carboxylic acids is 1. The Balaban J connectivity index is 2.90. The Morgan fingerprint density at radius 3 is 2.52 bits per heavy atom. The van der Waals surface area contributed by atoms with Crippen LogP contribution in [0.15, 0.2) is 24.3 Å². The van der Waals surface area contributed by atoms with Crippen molar-refractivity contribution in [2.75, 3.05) is 18.3 Å². The van der Waals surface area contributed by atoms with Crippen molar-refractivity contribution >= 4 is 35.5 Å². The minimum absolute atomic E-state index is 0.00795. The summed E-state index contributed by atoms with van der Waals surface area (Å²) >= 11 is 3.13. The molecular formula is C16H24BrN2O7P. The predicted octanol–water partition coefficient (Wildman–Crippen LogP) is 2.22. The Hall–Kier alpha value is -1.61. The van der Waals surface area contributed by atoms with Crippen LogP contribution in [0.2, 0.25) is 0 Å². The van der Waals surface area contributed by atoms with Crippen molar-refractivity contribution in [2.24, 2.45) is 5.92 Å². The molecule has 0 bridgehead atoms. The van der Waals surface area contributed by atoms with Crippen molar-refractivity contribution < 1.29 is 33.8 Å². The van der Waals surface area contributed by atoms with Gasteiger partial charge in [0.25, 0.3) is 0 Å². The van der Waals surface area contributed by atoms with Crippen LogP contribution < -0.4 is 10.1 Å². The maximum Gasteiger partial charge on any atom is 0.344 e. The fourth-order valence-corrected chi connectivity index (χ4v) is 3.32. The lowest BCUT2D eigenvalue weighted by molar-refractivity contribution is -0.139. The summed E-state index contributed by atoms with van der Waals surface area (Å²) in [4.78, 5) is 43.2. The summed E-state index contributed by atoms with van der Waals surface area (Å²) in [6.45, 7) is 3.64. The fraction of sp³-hybridized carbons (Fsp3) is 0.500. The third-order valence-electron chi connectivity index (χ3n) is 3.38. The van der Waals surface area contributed by atoms with Gasteiger partial charge in [-0.3, -0.25) is 4.57 Å². The van der Waals surface area contributed by atoms with Crippen LogP contribution in [0, 0.1) is 5.92 Å². The molecule has 0 aliphatic heterocycles. The lowest BCUT2D eigenvalue weighted by Crippen LogP contribution is -2.50. The molecule has 152 valence electrons. The monoisotopic (exact) mass is 466 g/mol. The van der Waals surface area contributed by atoms with Gasteiger partial charge in [-0.15, -0.1) is 0 Å². The minimum Gasteiger partial charge on any atom is -0.482 e. The molecule has 0 saturated heterocycles. The van der Waals surface area contributed by atoms with Gasteiger partial charge in [-0.1, -0.05) is 26.0 Å². The number of carbonyl (C=O) groups is 2. The first-order valence-electron chi connectivity index (χ1n) is 8.12. The zero-order chi connectivity index (χ0) is 20.6. The molecule has 1 rings (SSSR count). The van der Waals surface area contributed by atoms with E-state index in [-0.39, 0.29) is 24.4 Å². The number of alkyl halides is 1. The summed E-state index contributed by atoms with van der Waals surface area (Å²) in [5.41, 5.74) is 0.911. The number of carboxylic acids is 1. The van der Waals surface area contributed by atoms with Gasteiger partial charge in [-0.05, 0) is 39.5 Å². The van der Waals surface area contributed by atoms with E-state index in [4.69, 9.17) is 14.5 Å². The first-order chi connectivity index (χ1) is 12.5. The molecule has 0 spiro atoms. The Labute approximate surface area is 166 Å². The van der Waals surface area contributed by atoms with E-state index < -0.39 is 31.9 Å². The van der Waals surface area contributed by atoms with E-state index in [2.05, 4.69) is 21.2 Å². The normalized spacial score (nSPS) is 12.5. The Morgan fingerprint density at radius 2 is 2.00 bits per heavy atom. The molecule has 4 N–H and O–H groups in total. The molecule has 27 heavy (non-hydrogen) atoms. The predicted molar refractivity (Wildman–Crippen MR) is 103 cm³/mol. The zero-order valence-electron chi connectivity index (χ0n) is 15.0. The SMILES string of the molecule is CC(C)CN(CP(=O)(O)O)C(=O)NC(Cc1cccc(OCBr)c1)C(=O)O. The summed E-state index contributed by atoms with van der Waals surface area (Å²) in [5, 5.41) is 11.8. The number of urea groups is 1. The molecule has 0 fully saturated rings. The van der Waals surface area contributed by atoms with E-state index in [0.717, 1.165) is 4.90 Å². The van der Waals surface area contributed by atoms with Crippen LogP contribution in [-0.2, 0) is 15.8 Å². The van der Waals surface area contributed by atoms with E-state index in [1.165, 1.54) is 0 Å². The van der Waals surface area contributed by atoms with Crippen molar-refractivity contribution in [3.8, 4) is 5.75 Å². The van der Waals surface area contributed by atoms with Crippen LogP contribution in [0.3, 0.4) is 0 Å². The Morgan fingerprint density at radius 1 is 1.33 bits per heavy atom. The van der Waals surface area contributed by atoms with Crippen LogP contribution in [-0.4, -0.2) is 56.2 Å². The van der Waals surface area contributed by atoms with Crippen LogP contribution >= 0.6 is 23.5 Å². The number of benzene rings is 1. The quantitative estimate of drug-likeness (QED) is 0.306. The Kier molecular flexibility index (Phi) is 9.25. The zero-order valence-corrected chi connectivity index (χ0v) is 17.5. The van der Waals surface area contributed by atoms with Crippen molar-refractivity contribution in [3.63, 3.8) is 0 Å². The van der Waals surface area contributed by atoms with Crippen LogP contribution in [0.25, 0.3) is 0 Å². The summed E-state index contributed by atoms with van der Waals surface area (Å²) < 4.78 is 16.6. The van der Waals surface area contributed by atoms with E-state index in [1.807, 2.05) is 0 Å². The van der Waals surface area contributed by atoms with Crippen molar-refractivity contribution in [2.45, 2.75) is 26.3 Å². The van der Waals surface area contributed by atoms with Crippen molar-refractivity contribution in [1.29, 1.82) is 0 Å². The number of ether oxygens (including phenoxy) is 1. The van der Waals surface area contributed by atoms with Crippen LogP contribution in [0.5, 0.6) is 5.75 Å². The second kappa shape index (κ2) is 10.7. The summed E-state index contributed by atoms with van der Waals surface area (Å²) in [5.74, 6) is -0.762. The standard InChI is InChI=1S/C16H24BrN2O7P/c1-11(2)8-19(10-27(23,24)25)16(22)18-14(15(20)21)7-12-4-3-5-13(6-12)26-9-17/h3-6,11,14H,7-10H2,1-2H3,(H,18,22)(H,20,21)(H2,23,24,25).